The molecule has 1 N–H and O–H groups in total. The third-order valence-electron chi connectivity index (χ3n) is 2.77. The lowest BCUT2D eigenvalue weighted by atomic mass is 10.1. The van der Waals surface area contributed by atoms with Crippen molar-refractivity contribution in [1.29, 1.82) is 5.26 Å². The van der Waals surface area contributed by atoms with Crippen LogP contribution in [-0.4, -0.2) is 10.9 Å². The summed E-state index contributed by atoms with van der Waals surface area (Å²) in [5.74, 6) is 0.393. The first-order chi connectivity index (χ1) is 10.3. The summed E-state index contributed by atoms with van der Waals surface area (Å²) in [4.78, 5) is 16.4. The second kappa shape index (κ2) is 5.61. The Morgan fingerprint density at radius 2 is 2.10 bits per heavy atom. The number of hydrogen-bond donors (Lipinski definition) is 1. The van der Waals surface area contributed by atoms with Gasteiger partial charge in [-0.3, -0.25) is 10.1 Å². The van der Waals surface area contributed by atoms with Gasteiger partial charge in [0.05, 0.1) is 17.9 Å². The van der Waals surface area contributed by atoms with E-state index in [-0.39, 0.29) is 5.91 Å². The van der Waals surface area contributed by atoms with E-state index in [4.69, 9.17) is 9.68 Å². The molecule has 0 aliphatic carbocycles. The number of carbonyl (C=O) groups is 1. The molecule has 3 aromatic rings. The largest absolute Gasteiger partial charge is 0.463 e. The summed E-state index contributed by atoms with van der Waals surface area (Å²) in [7, 11) is 0. The highest BCUT2D eigenvalue weighted by Crippen LogP contribution is 2.25. The maximum absolute atomic E-state index is 12.1. The number of amides is 1. The molecule has 2 aromatic heterocycles. The lowest BCUT2D eigenvalue weighted by Crippen LogP contribution is -2.11. The van der Waals surface area contributed by atoms with Gasteiger partial charge in [0.15, 0.2) is 10.9 Å². The van der Waals surface area contributed by atoms with Crippen molar-refractivity contribution in [2.75, 3.05) is 5.32 Å². The number of furan rings is 1. The number of rotatable bonds is 3. The first-order valence-corrected chi connectivity index (χ1v) is 6.95. The van der Waals surface area contributed by atoms with Crippen molar-refractivity contribution >= 4 is 22.4 Å². The first kappa shape index (κ1) is 13.1. The van der Waals surface area contributed by atoms with E-state index in [2.05, 4.69) is 10.3 Å². The molecular formula is C15H9N3O2S. The SMILES string of the molecule is N#Cc1ccc(C(=O)Nc2nc(-c3ccco3)cs2)cc1. The number of nitrogens with one attached hydrogen (secondary N) is 1. The molecule has 1 amide bonds. The quantitative estimate of drug-likeness (QED) is 0.801. The van der Waals surface area contributed by atoms with Gasteiger partial charge in [-0.05, 0) is 36.4 Å². The maximum Gasteiger partial charge on any atom is 0.257 e. The molecule has 5 nitrogen and oxygen atoms in total. The number of benzene rings is 1. The predicted molar refractivity (Wildman–Crippen MR) is 78.9 cm³/mol. The number of nitriles is 1. The molecule has 1 aromatic carbocycles. The highest BCUT2D eigenvalue weighted by Gasteiger charge is 2.11. The van der Waals surface area contributed by atoms with Crippen LogP contribution in [0.2, 0.25) is 0 Å². The van der Waals surface area contributed by atoms with Crippen molar-refractivity contribution in [2.24, 2.45) is 0 Å². The van der Waals surface area contributed by atoms with Crippen molar-refractivity contribution in [1.82, 2.24) is 4.98 Å². The molecule has 0 atom stereocenters. The predicted octanol–water partition coefficient (Wildman–Crippen LogP) is 3.53. The molecule has 0 aliphatic heterocycles. The number of thiazole rings is 1. The average molecular weight is 295 g/mol. The van der Waals surface area contributed by atoms with E-state index in [1.807, 2.05) is 11.4 Å². The van der Waals surface area contributed by atoms with Gasteiger partial charge in [-0.1, -0.05) is 0 Å². The Balaban J connectivity index is 1.74. The molecule has 0 saturated heterocycles. The number of carbonyl (C=O) groups excluding carboxylic acids is 1. The fourth-order valence-electron chi connectivity index (χ4n) is 1.73. The second-order valence-electron chi connectivity index (χ2n) is 4.16. The van der Waals surface area contributed by atoms with Crippen LogP contribution in [0.25, 0.3) is 11.5 Å². The van der Waals surface area contributed by atoms with Crippen LogP contribution in [0.1, 0.15) is 15.9 Å². The van der Waals surface area contributed by atoms with Crippen LogP contribution < -0.4 is 5.32 Å². The molecule has 6 heteroatoms. The van der Waals surface area contributed by atoms with Crippen LogP contribution >= 0.6 is 11.3 Å². The van der Waals surface area contributed by atoms with Crippen molar-refractivity contribution in [3.05, 3.63) is 59.2 Å². The van der Waals surface area contributed by atoms with Crippen LogP contribution in [0.15, 0.2) is 52.5 Å². The molecular weight excluding hydrogens is 286 g/mol. The molecule has 0 saturated carbocycles. The highest BCUT2D eigenvalue weighted by molar-refractivity contribution is 7.14. The van der Waals surface area contributed by atoms with Gasteiger partial charge in [0.25, 0.3) is 5.91 Å². The lowest BCUT2D eigenvalue weighted by molar-refractivity contribution is 0.102. The van der Waals surface area contributed by atoms with Gasteiger partial charge in [-0.25, -0.2) is 4.98 Å². The zero-order valence-corrected chi connectivity index (χ0v) is 11.6. The molecule has 102 valence electrons. The van der Waals surface area contributed by atoms with E-state index in [0.29, 0.717) is 27.7 Å². The Kier molecular flexibility index (Phi) is 3.50. The fraction of sp³-hybridized carbons (Fsp3) is 0. The third-order valence-corrected chi connectivity index (χ3v) is 3.53. The summed E-state index contributed by atoms with van der Waals surface area (Å²) in [6.45, 7) is 0. The van der Waals surface area contributed by atoms with E-state index in [1.165, 1.54) is 11.3 Å². The van der Waals surface area contributed by atoms with E-state index in [9.17, 15) is 4.79 Å². The number of anilines is 1. The van der Waals surface area contributed by atoms with Crippen LogP contribution in [0.4, 0.5) is 5.13 Å². The lowest BCUT2D eigenvalue weighted by Gasteiger charge is -2.01. The highest BCUT2D eigenvalue weighted by atomic mass is 32.1. The Labute approximate surface area is 124 Å². The van der Waals surface area contributed by atoms with Gasteiger partial charge in [-0.2, -0.15) is 5.26 Å². The average Bonchev–Trinajstić information content (AvgIpc) is 3.18. The number of aromatic nitrogens is 1. The molecule has 0 spiro atoms. The minimum Gasteiger partial charge on any atom is -0.463 e. The molecule has 0 unspecified atom stereocenters. The smallest absolute Gasteiger partial charge is 0.257 e. The summed E-state index contributed by atoms with van der Waals surface area (Å²) in [5.41, 5.74) is 1.67. The first-order valence-electron chi connectivity index (χ1n) is 6.07. The van der Waals surface area contributed by atoms with Crippen molar-refractivity contribution in [2.45, 2.75) is 0 Å². The Bertz CT molecular complexity index is 798. The van der Waals surface area contributed by atoms with Gasteiger partial charge in [-0.15, -0.1) is 11.3 Å². The monoisotopic (exact) mass is 295 g/mol. The van der Waals surface area contributed by atoms with Crippen molar-refractivity contribution in [3.63, 3.8) is 0 Å². The fourth-order valence-corrected chi connectivity index (χ4v) is 2.43. The summed E-state index contributed by atoms with van der Waals surface area (Å²) in [5, 5.41) is 13.8. The van der Waals surface area contributed by atoms with Gasteiger partial charge in [0.2, 0.25) is 0 Å². The zero-order chi connectivity index (χ0) is 14.7. The Hall–Kier alpha value is -2.91. The summed E-state index contributed by atoms with van der Waals surface area (Å²) in [6.07, 6.45) is 1.57. The topological polar surface area (TPSA) is 78.9 Å². The molecule has 3 rings (SSSR count). The molecule has 21 heavy (non-hydrogen) atoms. The molecule has 0 bridgehead atoms. The minimum atomic E-state index is -0.264. The van der Waals surface area contributed by atoms with E-state index in [1.54, 1.807) is 42.7 Å². The molecule has 0 fully saturated rings. The summed E-state index contributed by atoms with van der Waals surface area (Å²) in [6, 6.07) is 12.0. The van der Waals surface area contributed by atoms with Crippen LogP contribution in [0.5, 0.6) is 0 Å². The van der Waals surface area contributed by atoms with Crippen LogP contribution in [0, 0.1) is 11.3 Å². The second-order valence-corrected chi connectivity index (χ2v) is 5.02. The maximum atomic E-state index is 12.1. The normalized spacial score (nSPS) is 10.0. The molecule has 0 radical (unpaired) electrons. The van der Waals surface area contributed by atoms with E-state index < -0.39 is 0 Å². The van der Waals surface area contributed by atoms with E-state index >= 15 is 0 Å². The van der Waals surface area contributed by atoms with Gasteiger partial charge >= 0.3 is 0 Å². The summed E-state index contributed by atoms with van der Waals surface area (Å²) < 4.78 is 5.25. The zero-order valence-electron chi connectivity index (χ0n) is 10.7. The number of nitrogens with zero attached hydrogens (tertiary/aromatic N) is 2. The van der Waals surface area contributed by atoms with Gasteiger partial charge in [0.1, 0.15) is 5.69 Å². The van der Waals surface area contributed by atoms with Gasteiger partial charge < -0.3 is 4.42 Å². The van der Waals surface area contributed by atoms with Crippen LogP contribution in [0.3, 0.4) is 0 Å². The van der Waals surface area contributed by atoms with E-state index in [0.717, 1.165) is 0 Å². The standard InChI is InChI=1S/C15H9N3O2S/c16-8-10-3-5-11(6-4-10)14(19)18-15-17-12(9-21-15)13-2-1-7-20-13/h1-7,9H,(H,17,18,19). The molecule has 0 aliphatic rings. The van der Waals surface area contributed by atoms with Crippen molar-refractivity contribution in [3.8, 4) is 17.5 Å². The Morgan fingerprint density at radius 1 is 1.29 bits per heavy atom. The third kappa shape index (κ3) is 2.83. The Morgan fingerprint density at radius 3 is 2.76 bits per heavy atom. The number of hydrogen-bond acceptors (Lipinski definition) is 5. The van der Waals surface area contributed by atoms with Crippen LogP contribution in [-0.2, 0) is 0 Å². The molecule has 2 heterocycles. The van der Waals surface area contributed by atoms with Crippen molar-refractivity contribution < 1.29 is 9.21 Å². The van der Waals surface area contributed by atoms with Gasteiger partial charge in [0, 0.05) is 10.9 Å². The summed E-state index contributed by atoms with van der Waals surface area (Å²) >= 11 is 1.32. The minimum absolute atomic E-state index is 0.264.